The topological polar surface area (TPSA) is 105 Å². The molecule has 0 spiro atoms. The van der Waals surface area contributed by atoms with Crippen LogP contribution in [0.25, 0.3) is 0 Å². The summed E-state index contributed by atoms with van der Waals surface area (Å²) in [7, 11) is 0. The van der Waals surface area contributed by atoms with Crippen molar-refractivity contribution in [2.24, 2.45) is 0 Å². The molecule has 2 rings (SSSR count). The van der Waals surface area contributed by atoms with Crippen molar-refractivity contribution < 1.29 is 19.7 Å². The van der Waals surface area contributed by atoms with Crippen LogP contribution in [0.3, 0.4) is 0 Å². The largest absolute Gasteiger partial charge is 0.445 e. The number of ether oxygens (including phenoxy) is 1. The number of benzene rings is 1. The van der Waals surface area contributed by atoms with Gasteiger partial charge in [0.2, 0.25) is 0 Å². The minimum atomic E-state index is -1.24. The number of nitrogens with one attached hydrogen (secondary N) is 1. The summed E-state index contributed by atoms with van der Waals surface area (Å²) in [5, 5.41) is 22.6. The van der Waals surface area contributed by atoms with Crippen molar-refractivity contribution in [2.75, 3.05) is 6.54 Å². The predicted molar refractivity (Wildman–Crippen MR) is 87.3 cm³/mol. The first-order chi connectivity index (χ1) is 11.6. The van der Waals surface area contributed by atoms with Gasteiger partial charge in [0.05, 0.1) is 6.10 Å². The van der Waals surface area contributed by atoms with E-state index in [9.17, 15) is 15.0 Å². The van der Waals surface area contributed by atoms with Crippen molar-refractivity contribution in [3.05, 3.63) is 59.1 Å². The molecule has 8 heteroatoms. The maximum Gasteiger partial charge on any atom is 0.407 e. The van der Waals surface area contributed by atoms with Crippen LogP contribution in [0.5, 0.6) is 0 Å². The van der Waals surface area contributed by atoms with Crippen LogP contribution in [0.4, 0.5) is 4.79 Å². The van der Waals surface area contributed by atoms with Crippen molar-refractivity contribution in [2.45, 2.75) is 25.2 Å². The molecule has 0 aliphatic heterocycles. The summed E-state index contributed by atoms with van der Waals surface area (Å²) < 4.78 is 5.04. The number of aliphatic hydroxyl groups excluding tert-OH is 2. The third-order valence-electron chi connectivity index (χ3n) is 3.29. The Morgan fingerprint density at radius 1 is 1.29 bits per heavy atom. The molecule has 1 heterocycles. The molecule has 1 aromatic carbocycles. The van der Waals surface area contributed by atoms with E-state index >= 15 is 0 Å². The number of aromatic nitrogens is 2. The smallest absolute Gasteiger partial charge is 0.407 e. The van der Waals surface area contributed by atoms with Crippen LogP contribution in [0.1, 0.15) is 23.7 Å². The molecule has 2 aromatic rings. The predicted octanol–water partition coefficient (Wildman–Crippen LogP) is 1.84. The van der Waals surface area contributed by atoms with E-state index in [1.165, 1.54) is 12.5 Å². The highest BCUT2D eigenvalue weighted by atomic mass is 35.5. The number of hydrogen-bond donors (Lipinski definition) is 3. The zero-order chi connectivity index (χ0) is 17.4. The summed E-state index contributed by atoms with van der Waals surface area (Å²) in [5.41, 5.74) is 1.11. The Morgan fingerprint density at radius 3 is 2.75 bits per heavy atom. The molecule has 7 nitrogen and oxygen atoms in total. The van der Waals surface area contributed by atoms with Gasteiger partial charge in [-0.25, -0.2) is 14.8 Å². The van der Waals surface area contributed by atoms with Gasteiger partial charge in [-0.3, -0.25) is 0 Å². The molecule has 0 aliphatic rings. The van der Waals surface area contributed by atoms with E-state index in [-0.39, 0.29) is 30.3 Å². The van der Waals surface area contributed by atoms with Crippen LogP contribution in [0.2, 0.25) is 5.15 Å². The minimum Gasteiger partial charge on any atom is -0.445 e. The average Bonchev–Trinajstić information content (AvgIpc) is 2.60. The van der Waals surface area contributed by atoms with Gasteiger partial charge >= 0.3 is 6.09 Å². The Balaban J connectivity index is 1.71. The molecule has 1 aromatic heterocycles. The average molecular weight is 352 g/mol. The fourth-order valence-corrected chi connectivity index (χ4v) is 2.19. The zero-order valence-electron chi connectivity index (χ0n) is 12.8. The van der Waals surface area contributed by atoms with Crippen molar-refractivity contribution >= 4 is 17.7 Å². The summed E-state index contributed by atoms with van der Waals surface area (Å²) in [4.78, 5) is 19.1. The molecule has 3 N–H and O–H groups in total. The number of alkyl carbamates (subject to hydrolysis) is 1. The zero-order valence-corrected chi connectivity index (χ0v) is 13.6. The second-order valence-corrected chi connectivity index (χ2v) is 5.42. The molecule has 0 saturated carbocycles. The van der Waals surface area contributed by atoms with Gasteiger partial charge in [0.25, 0.3) is 0 Å². The van der Waals surface area contributed by atoms with E-state index in [0.29, 0.717) is 0 Å². The van der Waals surface area contributed by atoms with Crippen LogP contribution >= 0.6 is 11.6 Å². The van der Waals surface area contributed by atoms with E-state index in [2.05, 4.69) is 15.3 Å². The first kappa shape index (κ1) is 18.1. The van der Waals surface area contributed by atoms with Gasteiger partial charge < -0.3 is 20.3 Å². The summed E-state index contributed by atoms with van der Waals surface area (Å²) in [6.45, 7) is 0.298. The molecular weight excluding hydrogens is 334 g/mol. The molecule has 2 unspecified atom stereocenters. The number of carbonyl (C=O) groups excluding carboxylic acids is 1. The number of nitrogens with zero attached hydrogens (tertiary/aromatic N) is 2. The highest BCUT2D eigenvalue weighted by Gasteiger charge is 2.21. The standard InChI is InChI=1S/C16H18ClN3O4/c17-15-12(8-18-10-20-15)14(22)13(21)6-7-19-16(23)24-9-11-4-2-1-3-5-11/h1-5,8,10,13-14,21-22H,6-7,9H2,(H,19,23). The number of hydrogen-bond acceptors (Lipinski definition) is 6. The van der Waals surface area contributed by atoms with Gasteiger partial charge in [-0.2, -0.15) is 0 Å². The van der Waals surface area contributed by atoms with Crippen LogP contribution < -0.4 is 5.32 Å². The molecule has 0 radical (unpaired) electrons. The quantitative estimate of drug-likeness (QED) is 0.657. The van der Waals surface area contributed by atoms with Crippen molar-refractivity contribution in [3.63, 3.8) is 0 Å². The van der Waals surface area contributed by atoms with Crippen LogP contribution in [0.15, 0.2) is 42.9 Å². The van der Waals surface area contributed by atoms with Gasteiger partial charge in [-0.05, 0) is 12.0 Å². The molecule has 24 heavy (non-hydrogen) atoms. The summed E-state index contributed by atoms with van der Waals surface area (Å²) in [5.74, 6) is 0. The maximum absolute atomic E-state index is 11.6. The van der Waals surface area contributed by atoms with Gasteiger partial charge in [-0.1, -0.05) is 41.9 Å². The molecule has 2 atom stereocenters. The van der Waals surface area contributed by atoms with Crippen molar-refractivity contribution in [1.82, 2.24) is 15.3 Å². The fourth-order valence-electron chi connectivity index (χ4n) is 1.99. The van der Waals surface area contributed by atoms with E-state index in [1.54, 1.807) is 0 Å². The van der Waals surface area contributed by atoms with Gasteiger partial charge in [0, 0.05) is 18.3 Å². The molecule has 1 amide bonds. The Kier molecular flexibility index (Phi) is 6.92. The monoisotopic (exact) mass is 351 g/mol. The Labute approximate surface area is 144 Å². The van der Waals surface area contributed by atoms with Gasteiger partial charge in [0.1, 0.15) is 24.2 Å². The Hall–Kier alpha value is -2.22. The van der Waals surface area contributed by atoms with E-state index in [1.807, 2.05) is 30.3 Å². The summed E-state index contributed by atoms with van der Waals surface area (Å²) >= 11 is 5.84. The number of aliphatic hydroxyl groups is 2. The molecule has 0 bridgehead atoms. The molecular formula is C16H18ClN3O4. The molecule has 0 saturated heterocycles. The number of rotatable bonds is 7. The number of halogens is 1. The van der Waals surface area contributed by atoms with Crippen LogP contribution in [-0.4, -0.2) is 38.9 Å². The van der Waals surface area contributed by atoms with Crippen molar-refractivity contribution in [1.29, 1.82) is 0 Å². The highest BCUT2D eigenvalue weighted by Crippen LogP contribution is 2.23. The van der Waals surface area contributed by atoms with Gasteiger partial charge in [0.15, 0.2) is 0 Å². The van der Waals surface area contributed by atoms with Gasteiger partial charge in [-0.15, -0.1) is 0 Å². The van der Waals surface area contributed by atoms with Crippen LogP contribution in [-0.2, 0) is 11.3 Å². The summed E-state index contributed by atoms with van der Waals surface area (Å²) in [6, 6.07) is 9.28. The lowest BCUT2D eigenvalue weighted by molar-refractivity contribution is 0.0133. The van der Waals surface area contributed by atoms with E-state index in [4.69, 9.17) is 16.3 Å². The second-order valence-electron chi connectivity index (χ2n) is 5.06. The third-order valence-corrected chi connectivity index (χ3v) is 3.61. The lowest BCUT2D eigenvalue weighted by Crippen LogP contribution is -2.30. The third kappa shape index (κ3) is 5.45. The first-order valence-corrected chi connectivity index (χ1v) is 7.72. The Morgan fingerprint density at radius 2 is 2.04 bits per heavy atom. The molecule has 0 fully saturated rings. The molecule has 0 aliphatic carbocycles. The Bertz CT molecular complexity index is 657. The first-order valence-electron chi connectivity index (χ1n) is 7.34. The minimum absolute atomic E-state index is 0.0757. The fraction of sp³-hybridized carbons (Fsp3) is 0.312. The second kappa shape index (κ2) is 9.17. The lowest BCUT2D eigenvalue weighted by atomic mass is 10.1. The molecule has 128 valence electrons. The SMILES string of the molecule is O=C(NCCC(O)C(O)c1cncnc1Cl)OCc1ccccc1. The number of carbonyl (C=O) groups is 1. The maximum atomic E-state index is 11.6. The summed E-state index contributed by atoms with van der Waals surface area (Å²) in [6.07, 6.45) is -0.252. The number of amides is 1. The normalized spacial score (nSPS) is 13.1. The van der Waals surface area contributed by atoms with Crippen molar-refractivity contribution in [3.8, 4) is 0 Å². The highest BCUT2D eigenvalue weighted by molar-refractivity contribution is 6.30. The van der Waals surface area contributed by atoms with E-state index in [0.717, 1.165) is 5.56 Å². The lowest BCUT2D eigenvalue weighted by Gasteiger charge is -2.18. The van der Waals surface area contributed by atoms with E-state index < -0.39 is 18.3 Å². The van der Waals surface area contributed by atoms with Crippen LogP contribution in [0, 0.1) is 0 Å².